The Kier molecular flexibility index (Phi) is 7.30. The van der Waals surface area contributed by atoms with E-state index in [0.29, 0.717) is 18.1 Å². The largest absolute Gasteiger partial charge is 0.414 e. The molecule has 0 radical (unpaired) electrons. The second kappa shape index (κ2) is 9.59. The highest BCUT2D eigenvalue weighted by Crippen LogP contribution is 2.46. The molecule has 2 aromatic heterocycles. The molecule has 2 saturated heterocycles. The first kappa shape index (κ1) is 27.4. The molecule has 4 rings (SSSR count). The predicted octanol–water partition coefficient (Wildman–Crippen LogP) is 4.57. The number of hydrogen-bond donors (Lipinski definition) is 0. The Bertz CT molecular complexity index is 1220. The van der Waals surface area contributed by atoms with Crippen molar-refractivity contribution in [2.45, 2.75) is 83.1 Å². The van der Waals surface area contributed by atoms with Gasteiger partial charge in [0.15, 0.2) is 26.2 Å². The Morgan fingerprint density at radius 2 is 1.94 bits per heavy atom. The maximum absolute atomic E-state index is 9.60. The molecule has 36 heavy (non-hydrogen) atoms. The molecule has 10 nitrogen and oxygen atoms in total. The summed E-state index contributed by atoms with van der Waals surface area (Å²) in [4.78, 5) is 15.2. The van der Waals surface area contributed by atoms with Crippen LogP contribution in [0.15, 0.2) is 11.2 Å². The number of nitrogens with zero attached hydrogens (tertiary/aromatic N) is 6. The van der Waals surface area contributed by atoms with Crippen LogP contribution in [0.4, 0.5) is 5.82 Å². The van der Waals surface area contributed by atoms with Crippen LogP contribution in [0.2, 0.25) is 18.1 Å². The lowest BCUT2D eigenvalue weighted by molar-refractivity contribution is -0.199. The zero-order valence-electron chi connectivity index (χ0n) is 22.4. The van der Waals surface area contributed by atoms with Gasteiger partial charge in [0.2, 0.25) is 5.82 Å². The summed E-state index contributed by atoms with van der Waals surface area (Å²) in [7, 11) is 1.76. The Hall–Kier alpha value is -1.63. The summed E-state index contributed by atoms with van der Waals surface area (Å²) in [6, 6.07) is 2.06. The Morgan fingerprint density at radius 1 is 1.28 bits per heavy atom. The van der Waals surface area contributed by atoms with Crippen LogP contribution in [-0.4, -0.2) is 78.9 Å². The monoisotopic (exact) mass is 626 g/mol. The fourth-order valence-corrected chi connectivity index (χ4v) is 5.91. The zero-order chi connectivity index (χ0) is 26.6. The lowest BCUT2D eigenvalue weighted by atomic mass is 10.1. The van der Waals surface area contributed by atoms with Gasteiger partial charge in [0.25, 0.3) is 0 Å². The van der Waals surface area contributed by atoms with Crippen molar-refractivity contribution in [1.82, 2.24) is 19.4 Å². The molecular weight excluding hydrogens is 591 g/mol. The average molecular weight is 627 g/mol. The first-order chi connectivity index (χ1) is 16.6. The van der Waals surface area contributed by atoms with Crippen LogP contribution in [0.1, 0.15) is 46.7 Å². The lowest BCUT2D eigenvalue weighted by Crippen LogP contribution is -2.44. The minimum Gasteiger partial charge on any atom is -0.414 e. The van der Waals surface area contributed by atoms with Crippen LogP contribution < -0.4 is 0 Å². The molecule has 0 bridgehead atoms. The van der Waals surface area contributed by atoms with E-state index in [9.17, 15) is 5.26 Å². The van der Waals surface area contributed by atoms with E-state index in [2.05, 4.69) is 77.5 Å². The molecule has 0 spiro atoms. The highest BCUT2D eigenvalue weighted by molar-refractivity contribution is 14.1. The van der Waals surface area contributed by atoms with Crippen molar-refractivity contribution in [2.75, 3.05) is 20.7 Å². The third kappa shape index (κ3) is 5.19. The zero-order valence-corrected chi connectivity index (χ0v) is 25.5. The van der Waals surface area contributed by atoms with Crippen LogP contribution in [0, 0.1) is 14.9 Å². The minimum absolute atomic E-state index is 0.0421. The summed E-state index contributed by atoms with van der Waals surface area (Å²) in [6.07, 6.45) is 2.12. The SMILES string of the molecule is CN(C)C=Nc1nc(C#N)nc2c1c(I)cn2[C@@H]1O[C@H](CO[Si](C)(C)C(C)(C)C)[C@H]2OC(C)(C)O[C@H]21. The number of hydrogen-bond acceptors (Lipinski definition) is 8. The highest BCUT2D eigenvalue weighted by atomic mass is 127. The predicted molar refractivity (Wildman–Crippen MR) is 148 cm³/mol. The van der Waals surface area contributed by atoms with E-state index in [1.54, 1.807) is 6.34 Å². The standard InChI is InChI=1S/C24H35IN6O4Si/c1-23(2,3)36(8,9)32-12-15-18-19(35-24(4,5)34-18)22(33-15)31-11-14(25)17-20(27-13-30(6)7)28-16(10-26)29-21(17)31/h11,13,15,18-19,22H,12H2,1-9H3/t15-,18-,19-,22-/m1/s1. The Balaban J connectivity index is 1.74. The maximum Gasteiger partial charge on any atom is 0.236 e. The molecule has 2 aliphatic heterocycles. The summed E-state index contributed by atoms with van der Waals surface area (Å²) in [5.41, 5.74) is 0.569. The quantitative estimate of drug-likeness (QED) is 0.199. The number of halogens is 1. The molecule has 0 aromatic carbocycles. The molecule has 2 aliphatic rings. The molecule has 4 atom stereocenters. The molecular formula is C24H35IN6O4Si. The number of nitriles is 1. The van der Waals surface area contributed by atoms with Gasteiger partial charge in [-0.15, -0.1) is 0 Å². The Morgan fingerprint density at radius 3 is 2.56 bits per heavy atom. The van der Waals surface area contributed by atoms with Gasteiger partial charge in [-0.05, 0) is 54.6 Å². The number of fused-ring (bicyclic) bond motifs is 2. The van der Waals surface area contributed by atoms with Crippen molar-refractivity contribution >= 4 is 54.1 Å². The summed E-state index contributed by atoms with van der Waals surface area (Å²) in [5.74, 6) is -0.276. The van der Waals surface area contributed by atoms with Crippen molar-refractivity contribution in [3.63, 3.8) is 0 Å². The van der Waals surface area contributed by atoms with Crippen LogP contribution >= 0.6 is 22.6 Å². The molecule has 0 saturated carbocycles. The molecule has 2 fully saturated rings. The molecule has 12 heteroatoms. The molecule has 2 aromatic rings. The van der Waals surface area contributed by atoms with Crippen molar-refractivity contribution in [2.24, 2.45) is 4.99 Å². The first-order valence-corrected chi connectivity index (χ1v) is 16.0. The third-order valence-electron chi connectivity index (χ3n) is 6.93. The molecule has 4 heterocycles. The summed E-state index contributed by atoms with van der Waals surface area (Å²) >= 11 is 2.24. The molecule has 0 amide bonds. The first-order valence-electron chi connectivity index (χ1n) is 12.0. The molecule has 196 valence electrons. The molecule has 0 unspecified atom stereocenters. The fourth-order valence-electron chi connectivity index (χ4n) is 4.12. The number of aromatic nitrogens is 3. The van der Waals surface area contributed by atoms with Crippen LogP contribution in [0.25, 0.3) is 11.0 Å². The normalized spacial score (nSPS) is 26.0. The van der Waals surface area contributed by atoms with Crippen molar-refractivity contribution in [3.8, 4) is 6.07 Å². The van der Waals surface area contributed by atoms with E-state index in [-0.39, 0.29) is 29.2 Å². The van der Waals surface area contributed by atoms with Crippen LogP contribution in [0.3, 0.4) is 0 Å². The lowest BCUT2D eigenvalue weighted by Gasteiger charge is -2.37. The second-order valence-corrected chi connectivity index (χ2v) is 17.4. The van der Waals surface area contributed by atoms with E-state index >= 15 is 0 Å². The topological polar surface area (TPSA) is 107 Å². The van der Waals surface area contributed by atoms with Crippen LogP contribution in [-0.2, 0) is 18.6 Å². The maximum atomic E-state index is 9.60. The van der Waals surface area contributed by atoms with Gasteiger partial charge < -0.3 is 28.1 Å². The van der Waals surface area contributed by atoms with E-state index in [1.165, 1.54) is 0 Å². The number of ether oxygens (including phenoxy) is 3. The Labute approximate surface area is 227 Å². The van der Waals surface area contributed by atoms with Gasteiger partial charge in [-0.25, -0.2) is 9.98 Å². The van der Waals surface area contributed by atoms with Gasteiger partial charge in [0.1, 0.15) is 30.0 Å². The van der Waals surface area contributed by atoms with Crippen molar-refractivity contribution in [3.05, 3.63) is 15.6 Å². The van der Waals surface area contributed by atoms with Gasteiger partial charge >= 0.3 is 0 Å². The average Bonchev–Trinajstić information content (AvgIpc) is 3.37. The summed E-state index contributed by atoms with van der Waals surface area (Å²) < 4.78 is 28.5. The highest BCUT2D eigenvalue weighted by Gasteiger charge is 2.56. The van der Waals surface area contributed by atoms with E-state index in [4.69, 9.17) is 18.6 Å². The van der Waals surface area contributed by atoms with Gasteiger partial charge in [0, 0.05) is 23.9 Å². The van der Waals surface area contributed by atoms with Gasteiger partial charge in [-0.1, -0.05) is 20.8 Å². The smallest absolute Gasteiger partial charge is 0.236 e. The molecule has 0 aliphatic carbocycles. The summed E-state index contributed by atoms with van der Waals surface area (Å²) in [5, 5.41) is 10.4. The third-order valence-corrected chi connectivity index (χ3v) is 12.3. The van der Waals surface area contributed by atoms with Gasteiger partial charge in [-0.3, -0.25) is 0 Å². The van der Waals surface area contributed by atoms with Crippen molar-refractivity contribution in [1.29, 1.82) is 5.26 Å². The summed E-state index contributed by atoms with van der Waals surface area (Å²) in [6.45, 7) is 15.3. The number of rotatable bonds is 6. The van der Waals surface area contributed by atoms with Crippen LogP contribution in [0.5, 0.6) is 0 Å². The minimum atomic E-state index is -1.99. The van der Waals surface area contributed by atoms with E-state index in [0.717, 1.165) is 8.96 Å². The fraction of sp³-hybridized carbons (Fsp3) is 0.667. The van der Waals surface area contributed by atoms with Gasteiger partial charge in [0.05, 0.1) is 18.3 Å². The van der Waals surface area contributed by atoms with E-state index < -0.39 is 20.3 Å². The molecule has 0 N–H and O–H groups in total. The number of aliphatic imine (C=N–C) groups is 1. The van der Waals surface area contributed by atoms with Crippen molar-refractivity contribution < 1.29 is 18.6 Å². The second-order valence-electron chi connectivity index (χ2n) is 11.5. The van der Waals surface area contributed by atoms with Gasteiger partial charge in [-0.2, -0.15) is 10.2 Å². The van der Waals surface area contributed by atoms with E-state index in [1.807, 2.05) is 43.6 Å².